The van der Waals surface area contributed by atoms with Crippen LogP contribution in [0.1, 0.15) is 17.7 Å². The third-order valence-corrected chi connectivity index (χ3v) is 4.11. The van der Waals surface area contributed by atoms with Crippen LogP contribution in [-0.4, -0.2) is 19.3 Å². The maximum absolute atomic E-state index is 5.31. The number of nitrogens with one attached hydrogen (secondary N) is 1. The standard InChI is InChI=1S/C10H14BrNOS/c11-8-5-10(14-7-8)6-12-9-1-3-13-4-2-9/h5,7,9,12H,1-4,6H2. The van der Waals surface area contributed by atoms with Crippen molar-refractivity contribution in [3.63, 3.8) is 0 Å². The van der Waals surface area contributed by atoms with Crippen LogP contribution in [0.15, 0.2) is 15.9 Å². The zero-order valence-electron chi connectivity index (χ0n) is 7.96. The molecule has 1 aliphatic heterocycles. The SMILES string of the molecule is Brc1csc(CNC2CCOCC2)c1. The van der Waals surface area contributed by atoms with Crippen molar-refractivity contribution in [2.24, 2.45) is 0 Å². The van der Waals surface area contributed by atoms with Crippen molar-refractivity contribution in [2.45, 2.75) is 25.4 Å². The zero-order valence-corrected chi connectivity index (χ0v) is 10.4. The number of rotatable bonds is 3. The summed E-state index contributed by atoms with van der Waals surface area (Å²) in [5, 5.41) is 5.69. The molecule has 1 saturated heterocycles. The van der Waals surface area contributed by atoms with Gasteiger partial charge >= 0.3 is 0 Å². The van der Waals surface area contributed by atoms with Crippen LogP contribution in [0.2, 0.25) is 0 Å². The normalized spacial score (nSPS) is 18.6. The third-order valence-electron chi connectivity index (χ3n) is 2.41. The lowest BCUT2D eigenvalue weighted by molar-refractivity contribution is 0.0777. The summed E-state index contributed by atoms with van der Waals surface area (Å²) in [5.74, 6) is 0. The van der Waals surface area contributed by atoms with Gasteiger partial charge in [-0.15, -0.1) is 11.3 Å². The largest absolute Gasteiger partial charge is 0.381 e. The lowest BCUT2D eigenvalue weighted by Crippen LogP contribution is -2.34. The van der Waals surface area contributed by atoms with Crippen molar-refractivity contribution in [3.05, 3.63) is 20.8 Å². The fraction of sp³-hybridized carbons (Fsp3) is 0.600. The first-order valence-corrected chi connectivity index (χ1v) is 6.56. The summed E-state index contributed by atoms with van der Waals surface area (Å²) in [5.41, 5.74) is 0. The van der Waals surface area contributed by atoms with Gasteiger partial charge in [0, 0.05) is 40.5 Å². The van der Waals surface area contributed by atoms with E-state index in [1.807, 2.05) is 0 Å². The van der Waals surface area contributed by atoms with Crippen LogP contribution in [-0.2, 0) is 11.3 Å². The summed E-state index contributed by atoms with van der Waals surface area (Å²) < 4.78 is 6.50. The topological polar surface area (TPSA) is 21.3 Å². The molecule has 2 nitrogen and oxygen atoms in total. The van der Waals surface area contributed by atoms with E-state index in [0.717, 1.165) is 32.6 Å². The average molecular weight is 276 g/mol. The van der Waals surface area contributed by atoms with Gasteiger partial charge in [0.15, 0.2) is 0 Å². The zero-order chi connectivity index (χ0) is 9.80. The predicted molar refractivity (Wildman–Crippen MR) is 62.7 cm³/mol. The van der Waals surface area contributed by atoms with Crippen molar-refractivity contribution >= 4 is 27.3 Å². The first-order chi connectivity index (χ1) is 6.84. The minimum atomic E-state index is 0.643. The number of ether oxygens (including phenoxy) is 1. The molecule has 1 aromatic rings. The summed E-state index contributed by atoms with van der Waals surface area (Å²) in [6.45, 7) is 2.80. The lowest BCUT2D eigenvalue weighted by atomic mass is 10.1. The number of thiophene rings is 1. The molecule has 2 rings (SSSR count). The van der Waals surface area contributed by atoms with E-state index in [2.05, 4.69) is 32.7 Å². The highest BCUT2D eigenvalue weighted by molar-refractivity contribution is 9.10. The second-order valence-electron chi connectivity index (χ2n) is 3.50. The Labute approximate surface area is 96.8 Å². The summed E-state index contributed by atoms with van der Waals surface area (Å²) in [4.78, 5) is 1.39. The van der Waals surface area contributed by atoms with Crippen LogP contribution < -0.4 is 5.32 Å². The van der Waals surface area contributed by atoms with Crippen LogP contribution in [0.4, 0.5) is 0 Å². The molecule has 0 spiro atoms. The van der Waals surface area contributed by atoms with Crippen LogP contribution in [0.5, 0.6) is 0 Å². The predicted octanol–water partition coefficient (Wildman–Crippen LogP) is 2.78. The Morgan fingerprint density at radius 3 is 2.93 bits per heavy atom. The molecule has 0 radical (unpaired) electrons. The van der Waals surface area contributed by atoms with Gasteiger partial charge in [0.25, 0.3) is 0 Å². The molecule has 0 saturated carbocycles. The van der Waals surface area contributed by atoms with E-state index in [1.165, 1.54) is 9.35 Å². The average Bonchev–Trinajstić information content (AvgIpc) is 2.63. The summed E-state index contributed by atoms with van der Waals surface area (Å²) in [7, 11) is 0. The third kappa shape index (κ3) is 3.05. The van der Waals surface area contributed by atoms with Gasteiger partial charge in [-0.2, -0.15) is 0 Å². The van der Waals surface area contributed by atoms with Crippen LogP contribution >= 0.6 is 27.3 Å². The molecule has 0 amide bonds. The number of halogens is 1. The molecule has 0 unspecified atom stereocenters. The Balaban J connectivity index is 1.76. The molecule has 2 heterocycles. The monoisotopic (exact) mass is 275 g/mol. The molecule has 0 aromatic carbocycles. The van der Waals surface area contributed by atoms with Gasteiger partial charge in [-0.1, -0.05) is 0 Å². The minimum absolute atomic E-state index is 0.643. The van der Waals surface area contributed by atoms with E-state index in [0.29, 0.717) is 6.04 Å². The summed E-state index contributed by atoms with van der Waals surface area (Å²) in [6, 6.07) is 2.82. The van der Waals surface area contributed by atoms with Crippen molar-refractivity contribution in [2.75, 3.05) is 13.2 Å². The van der Waals surface area contributed by atoms with Crippen molar-refractivity contribution in [1.82, 2.24) is 5.32 Å². The molecule has 1 N–H and O–H groups in total. The molecular weight excluding hydrogens is 262 g/mol. The van der Waals surface area contributed by atoms with Gasteiger partial charge < -0.3 is 10.1 Å². The Kier molecular flexibility index (Phi) is 3.99. The molecule has 14 heavy (non-hydrogen) atoms. The van der Waals surface area contributed by atoms with Gasteiger partial charge in [-0.25, -0.2) is 0 Å². The highest BCUT2D eigenvalue weighted by atomic mass is 79.9. The smallest absolute Gasteiger partial charge is 0.0480 e. The maximum Gasteiger partial charge on any atom is 0.0480 e. The van der Waals surface area contributed by atoms with Crippen LogP contribution in [0, 0.1) is 0 Å². The Hall–Kier alpha value is 0.1000. The highest BCUT2D eigenvalue weighted by Crippen LogP contribution is 2.20. The quantitative estimate of drug-likeness (QED) is 0.916. The van der Waals surface area contributed by atoms with E-state index in [4.69, 9.17) is 4.74 Å². The molecule has 1 fully saturated rings. The molecule has 0 aliphatic carbocycles. The molecule has 78 valence electrons. The maximum atomic E-state index is 5.31. The Bertz CT molecular complexity index is 283. The highest BCUT2D eigenvalue weighted by Gasteiger charge is 2.12. The number of hydrogen-bond acceptors (Lipinski definition) is 3. The van der Waals surface area contributed by atoms with Gasteiger partial charge in [-0.3, -0.25) is 0 Å². The van der Waals surface area contributed by atoms with Gasteiger partial charge in [0.1, 0.15) is 0 Å². The molecule has 1 aromatic heterocycles. The Morgan fingerprint density at radius 2 is 2.29 bits per heavy atom. The molecule has 4 heteroatoms. The second kappa shape index (κ2) is 5.26. The Morgan fingerprint density at radius 1 is 1.50 bits per heavy atom. The van der Waals surface area contributed by atoms with Crippen molar-refractivity contribution in [3.8, 4) is 0 Å². The first kappa shape index (κ1) is 10.6. The first-order valence-electron chi connectivity index (χ1n) is 4.88. The molecular formula is C10H14BrNOS. The minimum Gasteiger partial charge on any atom is -0.381 e. The number of hydrogen-bond donors (Lipinski definition) is 1. The van der Waals surface area contributed by atoms with E-state index in [9.17, 15) is 0 Å². The van der Waals surface area contributed by atoms with Gasteiger partial charge in [0.2, 0.25) is 0 Å². The van der Waals surface area contributed by atoms with Crippen molar-refractivity contribution in [1.29, 1.82) is 0 Å². The van der Waals surface area contributed by atoms with E-state index >= 15 is 0 Å². The van der Waals surface area contributed by atoms with Crippen LogP contribution in [0.25, 0.3) is 0 Å². The van der Waals surface area contributed by atoms with Gasteiger partial charge in [-0.05, 0) is 34.8 Å². The van der Waals surface area contributed by atoms with Gasteiger partial charge in [0.05, 0.1) is 0 Å². The fourth-order valence-electron chi connectivity index (χ4n) is 1.59. The second-order valence-corrected chi connectivity index (χ2v) is 5.41. The molecule has 0 atom stereocenters. The summed E-state index contributed by atoms with van der Waals surface area (Å²) in [6.07, 6.45) is 2.29. The lowest BCUT2D eigenvalue weighted by Gasteiger charge is -2.22. The fourth-order valence-corrected chi connectivity index (χ4v) is 3.00. The van der Waals surface area contributed by atoms with E-state index in [-0.39, 0.29) is 0 Å². The van der Waals surface area contributed by atoms with Crippen LogP contribution in [0.3, 0.4) is 0 Å². The molecule has 1 aliphatic rings. The summed E-state index contributed by atoms with van der Waals surface area (Å²) >= 11 is 5.26. The van der Waals surface area contributed by atoms with Crippen molar-refractivity contribution < 1.29 is 4.74 Å². The molecule has 0 bridgehead atoms. The van der Waals surface area contributed by atoms with E-state index in [1.54, 1.807) is 11.3 Å². The van der Waals surface area contributed by atoms with E-state index < -0.39 is 0 Å².